The minimum Gasteiger partial charge on any atom is -0.325 e. The van der Waals surface area contributed by atoms with Crippen LogP contribution in [-0.4, -0.2) is 51.4 Å². The van der Waals surface area contributed by atoms with Crippen molar-refractivity contribution in [1.82, 2.24) is 4.31 Å². The van der Waals surface area contributed by atoms with Crippen molar-refractivity contribution in [3.05, 3.63) is 59.9 Å². The molecule has 1 heterocycles. The van der Waals surface area contributed by atoms with Gasteiger partial charge >= 0.3 is 0 Å². The van der Waals surface area contributed by atoms with Gasteiger partial charge in [0.15, 0.2) is 6.54 Å². The fraction of sp³-hybridized carbons (Fsp3) is 0.263. The zero-order chi connectivity index (χ0) is 20.1. The third-order valence-electron chi connectivity index (χ3n) is 4.57. The Balaban J connectivity index is 1.53. The minimum atomic E-state index is -3.74. The Bertz CT molecular complexity index is 995. The van der Waals surface area contributed by atoms with Gasteiger partial charge in [-0.2, -0.15) is 9.57 Å². The molecule has 0 radical (unpaired) electrons. The molecular formula is C19H20FN4O3S+. The Labute approximate surface area is 163 Å². The Morgan fingerprint density at radius 2 is 1.86 bits per heavy atom. The molecule has 28 heavy (non-hydrogen) atoms. The monoisotopic (exact) mass is 403 g/mol. The molecule has 1 saturated heterocycles. The molecule has 0 spiro atoms. The number of nitrogens with zero attached hydrogens (tertiary/aromatic N) is 2. The van der Waals surface area contributed by atoms with Gasteiger partial charge in [-0.15, -0.1) is 0 Å². The van der Waals surface area contributed by atoms with Crippen LogP contribution in [0.25, 0.3) is 0 Å². The predicted octanol–water partition coefficient (Wildman–Crippen LogP) is 0.225. The van der Waals surface area contributed by atoms with Crippen molar-refractivity contribution in [3.8, 4) is 6.07 Å². The molecule has 7 nitrogen and oxygen atoms in total. The minimum absolute atomic E-state index is 0.0606. The Kier molecular flexibility index (Phi) is 6.04. The van der Waals surface area contributed by atoms with Crippen molar-refractivity contribution < 1.29 is 22.5 Å². The normalized spacial score (nSPS) is 15.7. The molecule has 3 rings (SSSR count). The number of nitrogens with one attached hydrogen (secondary N) is 2. The number of rotatable bonds is 5. The highest BCUT2D eigenvalue weighted by Gasteiger charge is 2.31. The Morgan fingerprint density at radius 3 is 2.46 bits per heavy atom. The topological polar surface area (TPSA) is 94.7 Å². The van der Waals surface area contributed by atoms with Crippen molar-refractivity contribution in [2.24, 2.45) is 0 Å². The molecule has 1 aliphatic heterocycles. The largest absolute Gasteiger partial charge is 0.325 e. The fourth-order valence-electron chi connectivity index (χ4n) is 3.06. The van der Waals surface area contributed by atoms with Crippen LogP contribution < -0.4 is 10.2 Å². The van der Waals surface area contributed by atoms with E-state index in [9.17, 15) is 17.6 Å². The summed E-state index contributed by atoms with van der Waals surface area (Å²) < 4.78 is 39.9. The molecule has 2 N–H and O–H groups in total. The molecule has 0 aliphatic carbocycles. The Morgan fingerprint density at radius 1 is 1.18 bits per heavy atom. The zero-order valence-corrected chi connectivity index (χ0v) is 15.9. The summed E-state index contributed by atoms with van der Waals surface area (Å²) >= 11 is 0. The van der Waals surface area contributed by atoms with Gasteiger partial charge in [0.2, 0.25) is 10.0 Å². The molecule has 9 heteroatoms. The van der Waals surface area contributed by atoms with Crippen molar-refractivity contribution in [2.75, 3.05) is 38.0 Å². The van der Waals surface area contributed by atoms with Crippen molar-refractivity contribution in [3.63, 3.8) is 0 Å². The summed E-state index contributed by atoms with van der Waals surface area (Å²) in [5.74, 6) is -0.772. The number of carbonyl (C=O) groups excluding carboxylic acids is 1. The lowest BCUT2D eigenvalue weighted by Crippen LogP contribution is -3.15. The number of anilines is 1. The lowest BCUT2D eigenvalue weighted by molar-refractivity contribution is -0.895. The second-order valence-electron chi connectivity index (χ2n) is 6.53. The molecule has 0 bridgehead atoms. The van der Waals surface area contributed by atoms with Gasteiger partial charge in [-0.1, -0.05) is 6.07 Å². The van der Waals surface area contributed by atoms with E-state index in [0.29, 0.717) is 24.3 Å². The summed E-state index contributed by atoms with van der Waals surface area (Å²) in [4.78, 5) is 13.1. The highest BCUT2D eigenvalue weighted by atomic mass is 32.2. The predicted molar refractivity (Wildman–Crippen MR) is 101 cm³/mol. The van der Waals surface area contributed by atoms with Crippen LogP contribution in [0.3, 0.4) is 0 Å². The number of nitriles is 1. The zero-order valence-electron chi connectivity index (χ0n) is 15.1. The van der Waals surface area contributed by atoms with Gasteiger partial charge in [0.1, 0.15) is 5.82 Å². The quantitative estimate of drug-likeness (QED) is 0.747. The molecule has 0 atom stereocenters. The number of hydrogen-bond donors (Lipinski definition) is 2. The average Bonchev–Trinajstić information content (AvgIpc) is 2.69. The van der Waals surface area contributed by atoms with Gasteiger partial charge in [0.05, 0.1) is 42.7 Å². The van der Waals surface area contributed by atoms with E-state index in [1.807, 2.05) is 6.07 Å². The first kappa shape index (κ1) is 19.9. The SMILES string of the molecule is N#Cc1ccc(NC(=O)C[NH+]2CCN(S(=O)(=O)c3cccc(F)c3)CC2)cc1. The third-order valence-corrected chi connectivity index (χ3v) is 6.47. The second kappa shape index (κ2) is 8.48. The van der Waals surface area contributed by atoms with Crippen LogP contribution in [0, 0.1) is 17.1 Å². The number of amides is 1. The van der Waals surface area contributed by atoms with Gasteiger partial charge in [0.25, 0.3) is 5.91 Å². The van der Waals surface area contributed by atoms with Crippen LogP contribution in [0.2, 0.25) is 0 Å². The molecule has 2 aromatic rings. The molecule has 1 aliphatic rings. The summed E-state index contributed by atoms with van der Waals surface area (Å²) in [6, 6.07) is 13.5. The van der Waals surface area contributed by atoms with Crippen LogP contribution in [-0.2, 0) is 14.8 Å². The van der Waals surface area contributed by atoms with Crippen molar-refractivity contribution in [2.45, 2.75) is 4.90 Å². The number of quaternary nitrogens is 1. The number of halogens is 1. The van der Waals surface area contributed by atoms with Gasteiger partial charge in [0, 0.05) is 5.69 Å². The summed E-state index contributed by atoms with van der Waals surface area (Å²) in [5.41, 5.74) is 1.12. The van der Waals surface area contributed by atoms with Crippen molar-refractivity contribution in [1.29, 1.82) is 5.26 Å². The van der Waals surface area contributed by atoms with E-state index in [-0.39, 0.29) is 30.4 Å². The summed E-state index contributed by atoms with van der Waals surface area (Å²) in [5, 5.41) is 11.6. The van der Waals surface area contributed by atoms with Gasteiger partial charge in [-0.3, -0.25) is 4.79 Å². The maximum absolute atomic E-state index is 13.3. The molecular weight excluding hydrogens is 383 g/mol. The summed E-state index contributed by atoms with van der Waals surface area (Å²) in [7, 11) is -3.74. The Hall–Kier alpha value is -2.80. The molecule has 146 valence electrons. The lowest BCUT2D eigenvalue weighted by atomic mass is 10.2. The van der Waals surface area contributed by atoms with Crippen LogP contribution in [0.15, 0.2) is 53.4 Å². The average molecular weight is 403 g/mol. The first-order chi connectivity index (χ1) is 13.4. The maximum Gasteiger partial charge on any atom is 0.279 e. The maximum atomic E-state index is 13.3. The van der Waals surface area contributed by atoms with Gasteiger partial charge < -0.3 is 10.2 Å². The standard InChI is InChI=1S/C19H19FN4O3S/c20-16-2-1-3-18(12-16)28(26,27)24-10-8-23(9-11-24)14-19(25)22-17-6-4-15(13-21)5-7-17/h1-7,12H,8-11,14H2,(H,22,25)/p+1. The van der Waals surface area contributed by atoms with Gasteiger partial charge in [-0.25, -0.2) is 12.8 Å². The van der Waals surface area contributed by atoms with Crippen LogP contribution >= 0.6 is 0 Å². The van der Waals surface area contributed by atoms with E-state index in [2.05, 4.69) is 5.32 Å². The molecule has 2 aromatic carbocycles. The van der Waals surface area contributed by atoms with Crippen LogP contribution in [0.5, 0.6) is 0 Å². The first-order valence-electron chi connectivity index (χ1n) is 8.78. The first-order valence-corrected chi connectivity index (χ1v) is 10.2. The fourth-order valence-corrected chi connectivity index (χ4v) is 4.53. The molecule has 0 aromatic heterocycles. The van der Waals surface area contributed by atoms with E-state index in [4.69, 9.17) is 5.26 Å². The van der Waals surface area contributed by atoms with E-state index in [1.165, 1.54) is 22.5 Å². The number of hydrogen-bond acceptors (Lipinski definition) is 4. The number of piperazine rings is 1. The molecule has 1 amide bonds. The number of benzene rings is 2. The van der Waals surface area contributed by atoms with Crippen LogP contribution in [0.1, 0.15) is 5.56 Å². The van der Waals surface area contributed by atoms with Crippen molar-refractivity contribution >= 4 is 21.6 Å². The number of carbonyl (C=O) groups is 1. The number of sulfonamides is 1. The summed E-state index contributed by atoms with van der Waals surface area (Å²) in [6.45, 7) is 1.70. The molecule has 0 unspecified atom stereocenters. The van der Waals surface area contributed by atoms with E-state index in [0.717, 1.165) is 11.0 Å². The second-order valence-corrected chi connectivity index (χ2v) is 8.46. The van der Waals surface area contributed by atoms with E-state index < -0.39 is 15.8 Å². The van der Waals surface area contributed by atoms with Crippen LogP contribution in [0.4, 0.5) is 10.1 Å². The molecule has 0 saturated carbocycles. The lowest BCUT2D eigenvalue weighted by Gasteiger charge is -2.31. The highest BCUT2D eigenvalue weighted by molar-refractivity contribution is 7.89. The smallest absolute Gasteiger partial charge is 0.279 e. The molecule has 1 fully saturated rings. The van der Waals surface area contributed by atoms with E-state index in [1.54, 1.807) is 24.3 Å². The summed E-state index contributed by atoms with van der Waals surface area (Å²) in [6.07, 6.45) is 0. The highest BCUT2D eigenvalue weighted by Crippen LogP contribution is 2.16. The third kappa shape index (κ3) is 4.72. The van der Waals surface area contributed by atoms with E-state index >= 15 is 0 Å². The van der Waals surface area contributed by atoms with Gasteiger partial charge in [-0.05, 0) is 42.5 Å².